The van der Waals surface area contributed by atoms with Gasteiger partial charge in [0, 0.05) is 6.04 Å². The largest absolute Gasteiger partial charge is 0.497 e. The van der Waals surface area contributed by atoms with E-state index in [1.54, 1.807) is 38.3 Å². The third kappa shape index (κ3) is 3.49. The standard InChI is InChI=1S/C16H17F2NO2/c1-10(19)16(11-5-3-6-12(9-11)20-2)21-14-8-4-7-13(17)15(14)18/h3-10,16H,19H2,1-2H3. The second kappa shape index (κ2) is 6.54. The second-order valence-corrected chi connectivity index (χ2v) is 4.73. The van der Waals surface area contributed by atoms with Crippen LogP contribution < -0.4 is 15.2 Å². The zero-order chi connectivity index (χ0) is 15.4. The number of hydrogen-bond donors (Lipinski definition) is 1. The molecule has 2 unspecified atom stereocenters. The molecule has 2 rings (SSSR count). The Morgan fingerprint density at radius 2 is 1.81 bits per heavy atom. The van der Waals surface area contributed by atoms with Crippen LogP contribution in [-0.4, -0.2) is 13.2 Å². The molecule has 0 fully saturated rings. The van der Waals surface area contributed by atoms with Gasteiger partial charge in [-0.15, -0.1) is 0 Å². The van der Waals surface area contributed by atoms with Crippen LogP contribution in [0.5, 0.6) is 11.5 Å². The first-order valence-electron chi connectivity index (χ1n) is 6.53. The monoisotopic (exact) mass is 293 g/mol. The molecule has 2 aromatic rings. The molecule has 5 heteroatoms. The predicted molar refractivity (Wildman–Crippen MR) is 76.4 cm³/mol. The van der Waals surface area contributed by atoms with Crippen LogP contribution >= 0.6 is 0 Å². The number of halogens is 2. The average molecular weight is 293 g/mol. The maximum atomic E-state index is 13.7. The smallest absolute Gasteiger partial charge is 0.200 e. The highest BCUT2D eigenvalue weighted by atomic mass is 19.2. The van der Waals surface area contributed by atoms with Gasteiger partial charge in [0.2, 0.25) is 5.82 Å². The summed E-state index contributed by atoms with van der Waals surface area (Å²) in [4.78, 5) is 0. The Morgan fingerprint density at radius 1 is 1.10 bits per heavy atom. The molecule has 0 bridgehead atoms. The summed E-state index contributed by atoms with van der Waals surface area (Å²) < 4.78 is 37.7. The highest BCUT2D eigenvalue weighted by Gasteiger charge is 2.21. The summed E-state index contributed by atoms with van der Waals surface area (Å²) in [5, 5.41) is 0. The van der Waals surface area contributed by atoms with Crippen molar-refractivity contribution in [3.63, 3.8) is 0 Å². The van der Waals surface area contributed by atoms with Crippen molar-refractivity contribution >= 4 is 0 Å². The number of benzene rings is 2. The van der Waals surface area contributed by atoms with Crippen LogP contribution in [0, 0.1) is 11.6 Å². The lowest BCUT2D eigenvalue weighted by atomic mass is 10.0. The molecule has 2 N–H and O–H groups in total. The molecule has 0 heterocycles. The molecule has 2 atom stereocenters. The van der Waals surface area contributed by atoms with Gasteiger partial charge in [-0.05, 0) is 36.8 Å². The third-order valence-electron chi connectivity index (χ3n) is 3.07. The van der Waals surface area contributed by atoms with E-state index < -0.39 is 23.8 Å². The van der Waals surface area contributed by atoms with Gasteiger partial charge >= 0.3 is 0 Å². The number of hydrogen-bond acceptors (Lipinski definition) is 3. The van der Waals surface area contributed by atoms with Crippen molar-refractivity contribution in [3.8, 4) is 11.5 Å². The van der Waals surface area contributed by atoms with Crippen LogP contribution in [0.25, 0.3) is 0 Å². The summed E-state index contributed by atoms with van der Waals surface area (Å²) in [6.45, 7) is 1.74. The summed E-state index contributed by atoms with van der Waals surface area (Å²) in [6, 6.07) is 10.5. The summed E-state index contributed by atoms with van der Waals surface area (Å²) in [7, 11) is 1.55. The van der Waals surface area contributed by atoms with Gasteiger partial charge in [-0.25, -0.2) is 4.39 Å². The molecule has 21 heavy (non-hydrogen) atoms. The number of rotatable bonds is 5. The molecule has 0 saturated heterocycles. The molecule has 2 aromatic carbocycles. The molecule has 0 spiro atoms. The minimum Gasteiger partial charge on any atom is -0.497 e. The van der Waals surface area contributed by atoms with E-state index in [2.05, 4.69) is 0 Å². The molecule has 3 nitrogen and oxygen atoms in total. The van der Waals surface area contributed by atoms with E-state index in [9.17, 15) is 8.78 Å². The molecule has 0 radical (unpaired) electrons. The van der Waals surface area contributed by atoms with Gasteiger partial charge in [0.05, 0.1) is 7.11 Å². The fourth-order valence-corrected chi connectivity index (χ4v) is 2.01. The molecule has 0 aliphatic rings. The molecular formula is C16H17F2NO2. The van der Waals surface area contributed by atoms with Crippen molar-refractivity contribution in [3.05, 3.63) is 59.7 Å². The first kappa shape index (κ1) is 15.3. The van der Waals surface area contributed by atoms with Crippen molar-refractivity contribution in [2.75, 3.05) is 7.11 Å². The van der Waals surface area contributed by atoms with Crippen LogP contribution in [0.3, 0.4) is 0 Å². The van der Waals surface area contributed by atoms with Gasteiger partial charge in [-0.3, -0.25) is 0 Å². The zero-order valence-corrected chi connectivity index (χ0v) is 11.8. The molecule has 0 aliphatic heterocycles. The minimum absolute atomic E-state index is 0.167. The Kier molecular flexibility index (Phi) is 4.75. The maximum Gasteiger partial charge on any atom is 0.200 e. The fraction of sp³-hybridized carbons (Fsp3) is 0.250. The van der Waals surface area contributed by atoms with Crippen LogP contribution in [0.15, 0.2) is 42.5 Å². The van der Waals surface area contributed by atoms with Gasteiger partial charge in [0.15, 0.2) is 11.6 Å². The fourth-order valence-electron chi connectivity index (χ4n) is 2.01. The van der Waals surface area contributed by atoms with Crippen LogP contribution in [-0.2, 0) is 0 Å². The first-order valence-corrected chi connectivity index (χ1v) is 6.53. The molecule has 0 aliphatic carbocycles. The SMILES string of the molecule is COc1cccc(C(Oc2cccc(F)c2F)C(C)N)c1. The molecule has 0 saturated carbocycles. The van der Waals surface area contributed by atoms with Crippen molar-refractivity contribution in [2.45, 2.75) is 19.1 Å². The summed E-state index contributed by atoms with van der Waals surface area (Å²) in [5.41, 5.74) is 6.64. The Balaban J connectivity index is 2.33. The van der Waals surface area contributed by atoms with E-state index >= 15 is 0 Å². The topological polar surface area (TPSA) is 44.5 Å². The van der Waals surface area contributed by atoms with E-state index in [-0.39, 0.29) is 5.75 Å². The third-order valence-corrected chi connectivity index (χ3v) is 3.07. The Bertz CT molecular complexity index is 617. The van der Waals surface area contributed by atoms with Crippen molar-refractivity contribution in [1.82, 2.24) is 0 Å². The van der Waals surface area contributed by atoms with Gasteiger partial charge in [0.1, 0.15) is 11.9 Å². The Labute approximate surface area is 122 Å². The van der Waals surface area contributed by atoms with Crippen molar-refractivity contribution in [1.29, 1.82) is 0 Å². The Morgan fingerprint density at radius 3 is 2.48 bits per heavy atom. The number of methoxy groups -OCH3 is 1. The van der Waals surface area contributed by atoms with Crippen molar-refractivity contribution < 1.29 is 18.3 Å². The second-order valence-electron chi connectivity index (χ2n) is 4.73. The normalized spacial score (nSPS) is 13.6. The summed E-state index contributed by atoms with van der Waals surface area (Å²) in [6.07, 6.45) is -0.614. The lowest BCUT2D eigenvalue weighted by molar-refractivity contribution is 0.170. The van der Waals surface area contributed by atoms with Crippen LogP contribution in [0.4, 0.5) is 8.78 Å². The van der Waals surface area contributed by atoms with Crippen LogP contribution in [0.1, 0.15) is 18.6 Å². The quantitative estimate of drug-likeness (QED) is 0.918. The highest BCUT2D eigenvalue weighted by Crippen LogP contribution is 2.29. The van der Waals surface area contributed by atoms with E-state index in [0.717, 1.165) is 11.6 Å². The van der Waals surface area contributed by atoms with Crippen LogP contribution in [0.2, 0.25) is 0 Å². The molecule has 0 aromatic heterocycles. The van der Waals surface area contributed by atoms with Gasteiger partial charge in [0.25, 0.3) is 0 Å². The van der Waals surface area contributed by atoms with E-state index in [0.29, 0.717) is 5.75 Å². The summed E-state index contributed by atoms with van der Waals surface area (Å²) >= 11 is 0. The number of ether oxygens (including phenoxy) is 2. The minimum atomic E-state index is -1.02. The van der Waals surface area contributed by atoms with E-state index in [1.807, 2.05) is 0 Å². The van der Waals surface area contributed by atoms with Gasteiger partial charge < -0.3 is 15.2 Å². The molecule has 0 amide bonds. The predicted octanol–water partition coefficient (Wildman–Crippen LogP) is 3.44. The van der Waals surface area contributed by atoms with E-state index in [1.165, 1.54) is 12.1 Å². The Hall–Kier alpha value is -2.14. The van der Waals surface area contributed by atoms with E-state index in [4.69, 9.17) is 15.2 Å². The maximum absolute atomic E-state index is 13.7. The first-order chi connectivity index (χ1) is 10.0. The summed E-state index contributed by atoms with van der Waals surface area (Å²) in [5.74, 6) is -1.51. The molecular weight excluding hydrogens is 276 g/mol. The highest BCUT2D eigenvalue weighted by molar-refractivity contribution is 5.32. The van der Waals surface area contributed by atoms with Gasteiger partial charge in [-0.2, -0.15) is 4.39 Å². The lowest BCUT2D eigenvalue weighted by Gasteiger charge is -2.23. The average Bonchev–Trinajstić information content (AvgIpc) is 2.48. The molecule has 112 valence electrons. The zero-order valence-electron chi connectivity index (χ0n) is 11.8. The lowest BCUT2D eigenvalue weighted by Crippen LogP contribution is -2.29. The van der Waals surface area contributed by atoms with Gasteiger partial charge in [-0.1, -0.05) is 18.2 Å². The number of nitrogens with two attached hydrogens (primary N) is 1. The van der Waals surface area contributed by atoms with Crippen molar-refractivity contribution in [2.24, 2.45) is 5.73 Å².